The van der Waals surface area contributed by atoms with E-state index < -0.39 is 0 Å². The molecule has 5 nitrogen and oxygen atoms in total. The molecule has 2 N–H and O–H groups in total. The van der Waals surface area contributed by atoms with Gasteiger partial charge in [0, 0.05) is 11.9 Å². The summed E-state index contributed by atoms with van der Waals surface area (Å²) in [5.74, 6) is 2.13. The molecule has 3 aromatic rings. The third kappa shape index (κ3) is 3.96. The summed E-state index contributed by atoms with van der Waals surface area (Å²) in [4.78, 5) is 11.1. The van der Waals surface area contributed by atoms with E-state index in [0.717, 1.165) is 29.0 Å². The fourth-order valence-electron chi connectivity index (χ4n) is 2.38. The monoisotopic (exact) mass is 308 g/mol. The standard InChI is InChI=1S/C18H20N4O/c1-22(11-12-23-14-7-3-2-4-8-14)13-17-20-16-10-6-5-9-15(16)18(19)21-17/h2-10H,11-13H2,1H3,(H2,19,20,21). The number of benzene rings is 2. The average molecular weight is 308 g/mol. The van der Waals surface area contributed by atoms with Crippen molar-refractivity contribution in [1.29, 1.82) is 0 Å². The van der Waals surface area contributed by atoms with Crippen molar-refractivity contribution in [2.45, 2.75) is 6.54 Å². The lowest BCUT2D eigenvalue weighted by atomic mass is 10.2. The van der Waals surface area contributed by atoms with Gasteiger partial charge in [0.25, 0.3) is 0 Å². The Morgan fingerprint density at radius 3 is 2.57 bits per heavy atom. The summed E-state index contributed by atoms with van der Waals surface area (Å²) in [5.41, 5.74) is 6.89. The molecule has 0 amide bonds. The highest BCUT2D eigenvalue weighted by Gasteiger charge is 2.07. The summed E-state index contributed by atoms with van der Waals surface area (Å²) in [6.07, 6.45) is 0. The molecular weight excluding hydrogens is 288 g/mol. The second kappa shape index (κ2) is 7.07. The summed E-state index contributed by atoms with van der Waals surface area (Å²) >= 11 is 0. The summed E-state index contributed by atoms with van der Waals surface area (Å²) in [7, 11) is 2.02. The number of ether oxygens (including phenoxy) is 1. The van der Waals surface area contributed by atoms with Crippen molar-refractivity contribution < 1.29 is 4.74 Å². The molecule has 0 saturated carbocycles. The highest BCUT2D eigenvalue weighted by molar-refractivity contribution is 5.87. The van der Waals surface area contributed by atoms with E-state index in [1.165, 1.54) is 0 Å². The van der Waals surface area contributed by atoms with Crippen molar-refractivity contribution in [3.05, 3.63) is 60.4 Å². The smallest absolute Gasteiger partial charge is 0.145 e. The van der Waals surface area contributed by atoms with Gasteiger partial charge in [-0.2, -0.15) is 0 Å². The largest absolute Gasteiger partial charge is 0.492 e. The zero-order chi connectivity index (χ0) is 16.1. The van der Waals surface area contributed by atoms with Crippen molar-refractivity contribution in [1.82, 2.24) is 14.9 Å². The van der Waals surface area contributed by atoms with E-state index in [-0.39, 0.29) is 0 Å². The van der Waals surface area contributed by atoms with Crippen LogP contribution in [0.4, 0.5) is 5.82 Å². The van der Waals surface area contributed by atoms with Gasteiger partial charge in [-0.25, -0.2) is 9.97 Å². The molecule has 0 aliphatic carbocycles. The molecular formula is C18H20N4O. The highest BCUT2D eigenvalue weighted by Crippen LogP contribution is 2.17. The molecule has 2 aromatic carbocycles. The molecule has 0 spiro atoms. The van der Waals surface area contributed by atoms with Gasteiger partial charge in [0.05, 0.1) is 12.1 Å². The van der Waals surface area contributed by atoms with Crippen LogP contribution in [0.3, 0.4) is 0 Å². The van der Waals surface area contributed by atoms with Gasteiger partial charge in [0.2, 0.25) is 0 Å². The average Bonchev–Trinajstić information content (AvgIpc) is 2.56. The van der Waals surface area contributed by atoms with Crippen molar-refractivity contribution in [2.75, 3.05) is 25.9 Å². The molecule has 0 aliphatic rings. The number of likely N-dealkylation sites (N-methyl/N-ethyl adjacent to an activating group) is 1. The van der Waals surface area contributed by atoms with Crippen molar-refractivity contribution in [2.24, 2.45) is 0 Å². The first kappa shape index (κ1) is 15.2. The molecule has 0 bridgehead atoms. The third-order valence-electron chi connectivity index (χ3n) is 3.58. The first-order chi connectivity index (χ1) is 11.2. The zero-order valence-corrected chi connectivity index (χ0v) is 13.1. The first-order valence-corrected chi connectivity index (χ1v) is 7.60. The topological polar surface area (TPSA) is 64.3 Å². The van der Waals surface area contributed by atoms with Gasteiger partial charge in [-0.1, -0.05) is 30.3 Å². The molecule has 0 unspecified atom stereocenters. The highest BCUT2D eigenvalue weighted by atomic mass is 16.5. The van der Waals surface area contributed by atoms with E-state index in [9.17, 15) is 0 Å². The van der Waals surface area contributed by atoms with Crippen LogP contribution in [0.1, 0.15) is 5.82 Å². The number of rotatable bonds is 6. The molecule has 0 aliphatic heterocycles. The van der Waals surface area contributed by atoms with Gasteiger partial charge in [-0.05, 0) is 31.3 Å². The number of hydrogen-bond donors (Lipinski definition) is 1. The SMILES string of the molecule is CN(CCOc1ccccc1)Cc1nc(N)c2ccccc2n1. The molecule has 118 valence electrons. The van der Waals surface area contributed by atoms with Crippen LogP contribution in [0.15, 0.2) is 54.6 Å². The molecule has 0 radical (unpaired) electrons. The Kier molecular flexibility index (Phi) is 4.68. The van der Waals surface area contributed by atoms with Gasteiger partial charge in [-0.15, -0.1) is 0 Å². The van der Waals surface area contributed by atoms with Gasteiger partial charge in [0.15, 0.2) is 0 Å². The number of fused-ring (bicyclic) bond motifs is 1. The van der Waals surface area contributed by atoms with Crippen LogP contribution in [0, 0.1) is 0 Å². The van der Waals surface area contributed by atoms with E-state index in [2.05, 4.69) is 14.9 Å². The van der Waals surface area contributed by atoms with Crippen molar-refractivity contribution in [3.8, 4) is 5.75 Å². The molecule has 1 heterocycles. The van der Waals surface area contributed by atoms with Crippen LogP contribution in [0.2, 0.25) is 0 Å². The third-order valence-corrected chi connectivity index (χ3v) is 3.58. The van der Waals surface area contributed by atoms with Crippen LogP contribution >= 0.6 is 0 Å². The Bertz CT molecular complexity index is 776. The quantitative estimate of drug-likeness (QED) is 0.758. The van der Waals surface area contributed by atoms with Gasteiger partial charge in [0.1, 0.15) is 24.0 Å². The maximum atomic E-state index is 6.01. The minimum atomic E-state index is 0.527. The molecule has 0 fully saturated rings. The molecule has 5 heteroatoms. The minimum absolute atomic E-state index is 0.527. The molecule has 0 saturated heterocycles. The van der Waals surface area contributed by atoms with Gasteiger partial charge >= 0.3 is 0 Å². The Balaban J connectivity index is 1.58. The molecule has 1 aromatic heterocycles. The van der Waals surface area contributed by atoms with E-state index in [1.807, 2.05) is 61.6 Å². The van der Waals surface area contributed by atoms with Gasteiger partial charge in [-0.3, -0.25) is 4.90 Å². The Morgan fingerprint density at radius 1 is 1.00 bits per heavy atom. The Morgan fingerprint density at radius 2 is 1.74 bits per heavy atom. The van der Waals surface area contributed by atoms with E-state index in [1.54, 1.807) is 0 Å². The van der Waals surface area contributed by atoms with Crippen molar-refractivity contribution >= 4 is 16.7 Å². The number of nitrogen functional groups attached to an aromatic ring is 1. The lowest BCUT2D eigenvalue weighted by Gasteiger charge is -2.16. The van der Waals surface area contributed by atoms with E-state index >= 15 is 0 Å². The number of nitrogens with zero attached hydrogens (tertiary/aromatic N) is 3. The lowest BCUT2D eigenvalue weighted by molar-refractivity contribution is 0.230. The Hall–Kier alpha value is -2.66. The lowest BCUT2D eigenvalue weighted by Crippen LogP contribution is -2.25. The molecule has 23 heavy (non-hydrogen) atoms. The molecule has 0 atom stereocenters. The van der Waals surface area contributed by atoms with Crippen LogP contribution in [0.25, 0.3) is 10.9 Å². The summed E-state index contributed by atoms with van der Waals surface area (Å²) < 4.78 is 5.70. The predicted molar refractivity (Wildman–Crippen MR) is 92.2 cm³/mol. The van der Waals surface area contributed by atoms with Crippen LogP contribution in [0.5, 0.6) is 5.75 Å². The molecule has 3 rings (SSSR count). The number of nitrogens with two attached hydrogens (primary N) is 1. The number of aromatic nitrogens is 2. The Labute approximate surface area is 135 Å². The fourth-order valence-corrected chi connectivity index (χ4v) is 2.38. The number of anilines is 1. The second-order valence-corrected chi connectivity index (χ2v) is 5.44. The predicted octanol–water partition coefficient (Wildman–Crippen LogP) is 2.72. The number of para-hydroxylation sites is 2. The van der Waals surface area contributed by atoms with E-state index in [4.69, 9.17) is 10.5 Å². The van der Waals surface area contributed by atoms with Crippen LogP contribution in [-0.2, 0) is 6.54 Å². The summed E-state index contributed by atoms with van der Waals surface area (Å²) in [5, 5.41) is 0.895. The summed E-state index contributed by atoms with van der Waals surface area (Å²) in [6.45, 7) is 2.03. The minimum Gasteiger partial charge on any atom is -0.492 e. The van der Waals surface area contributed by atoms with E-state index in [0.29, 0.717) is 19.0 Å². The fraction of sp³-hybridized carbons (Fsp3) is 0.222. The zero-order valence-electron chi connectivity index (χ0n) is 13.1. The summed E-state index contributed by atoms with van der Waals surface area (Å²) in [6, 6.07) is 17.6. The number of hydrogen-bond acceptors (Lipinski definition) is 5. The van der Waals surface area contributed by atoms with Gasteiger partial charge < -0.3 is 10.5 Å². The normalized spacial score (nSPS) is 11.0. The maximum absolute atomic E-state index is 6.01. The van der Waals surface area contributed by atoms with Crippen LogP contribution in [-0.4, -0.2) is 35.1 Å². The van der Waals surface area contributed by atoms with Crippen molar-refractivity contribution in [3.63, 3.8) is 0 Å². The van der Waals surface area contributed by atoms with Crippen LogP contribution < -0.4 is 10.5 Å². The second-order valence-electron chi connectivity index (χ2n) is 5.44. The first-order valence-electron chi connectivity index (χ1n) is 7.60. The maximum Gasteiger partial charge on any atom is 0.145 e.